The molecule has 0 aliphatic heterocycles. The van der Waals surface area contributed by atoms with E-state index in [2.05, 4.69) is 6.58 Å². The molecule has 1 saturated carbocycles. The third kappa shape index (κ3) is 2.22. The second-order valence-corrected chi connectivity index (χ2v) is 7.05. The normalized spacial score (nSPS) is 17.2. The van der Waals surface area contributed by atoms with Crippen LogP contribution in [0.2, 0.25) is 0 Å². The van der Waals surface area contributed by atoms with E-state index >= 15 is 0 Å². The van der Waals surface area contributed by atoms with Crippen molar-refractivity contribution in [2.75, 3.05) is 0 Å². The Morgan fingerprint density at radius 1 is 1.36 bits per heavy atom. The predicted octanol–water partition coefficient (Wildman–Crippen LogP) is 3.03. The van der Waals surface area contributed by atoms with Crippen LogP contribution in [0.25, 0.3) is 5.57 Å². The summed E-state index contributed by atoms with van der Waals surface area (Å²) in [5.74, 6) is 0.196. The molecule has 0 N–H and O–H groups in total. The minimum absolute atomic E-state index is 0.0381. The van der Waals surface area contributed by atoms with Crippen molar-refractivity contribution in [2.45, 2.75) is 31.1 Å². The number of carbonyl (C=O) groups excluding carboxylic acids is 1. The topological polar surface area (TPSA) is 64.1 Å². The number of rotatable bonds is 3. The minimum atomic E-state index is -0.488. The first-order valence-corrected chi connectivity index (χ1v) is 8.42. The Balaban J connectivity index is 1.92. The van der Waals surface area contributed by atoms with Gasteiger partial charge in [-0.3, -0.25) is 14.9 Å². The van der Waals surface area contributed by atoms with Crippen LogP contribution < -0.4 is 4.57 Å². The molecule has 0 bridgehead atoms. The highest BCUT2D eigenvalue weighted by atomic mass is 16.6. The van der Waals surface area contributed by atoms with Gasteiger partial charge in [-0.25, -0.2) is 4.57 Å². The molecule has 1 aromatic heterocycles. The van der Waals surface area contributed by atoms with Crippen LogP contribution >= 0.6 is 0 Å². The number of hydrogen-bond acceptors (Lipinski definition) is 3. The van der Waals surface area contributed by atoms with E-state index in [1.165, 1.54) is 0 Å². The highest BCUT2D eigenvalue weighted by molar-refractivity contribution is 6.00. The number of nitro groups is 1. The number of Topliss-reactive ketones (excluding diaryl/α,β-unsaturated/α-hetero) is 1. The largest absolute Gasteiger partial charge is 0.298 e. The molecule has 2 aliphatic rings. The Labute approximate surface area is 145 Å². The van der Waals surface area contributed by atoms with Gasteiger partial charge in [0.2, 0.25) is 0 Å². The summed E-state index contributed by atoms with van der Waals surface area (Å²) in [4.78, 5) is 23.8. The van der Waals surface area contributed by atoms with Crippen molar-refractivity contribution in [1.82, 2.24) is 0 Å². The first kappa shape index (κ1) is 15.7. The zero-order chi connectivity index (χ0) is 17.8. The van der Waals surface area contributed by atoms with Crippen LogP contribution in [-0.2, 0) is 23.7 Å². The lowest BCUT2D eigenvalue weighted by Gasteiger charge is -2.37. The van der Waals surface area contributed by atoms with E-state index in [-0.39, 0.29) is 16.4 Å². The number of hydrogen-bond donors (Lipinski definition) is 0. The van der Waals surface area contributed by atoms with Gasteiger partial charge in [-0.1, -0.05) is 13.0 Å². The summed E-state index contributed by atoms with van der Waals surface area (Å²) in [6.07, 6.45) is 6.79. The minimum Gasteiger partial charge on any atom is -0.298 e. The molecule has 1 fully saturated rings. The first-order chi connectivity index (χ1) is 11.9. The van der Waals surface area contributed by atoms with Gasteiger partial charge in [0, 0.05) is 30.2 Å². The van der Waals surface area contributed by atoms with Crippen LogP contribution in [0.3, 0.4) is 0 Å². The Hall–Kier alpha value is -2.82. The predicted molar refractivity (Wildman–Crippen MR) is 93.1 cm³/mol. The molecular formula is C20H19N2O3+. The number of aryl methyl sites for hydroxylation is 1. The summed E-state index contributed by atoms with van der Waals surface area (Å²) in [5, 5.41) is 11.5. The number of nitrogens with zero attached hydrogens (tertiary/aromatic N) is 2. The number of non-ortho nitro benzene ring substituents is 1. The van der Waals surface area contributed by atoms with Crippen molar-refractivity contribution >= 4 is 17.0 Å². The number of pyridine rings is 1. The van der Waals surface area contributed by atoms with Gasteiger partial charge in [-0.2, -0.15) is 0 Å². The molecular weight excluding hydrogens is 316 g/mol. The van der Waals surface area contributed by atoms with E-state index in [0.29, 0.717) is 6.42 Å². The summed E-state index contributed by atoms with van der Waals surface area (Å²) in [7, 11) is 1.92. The molecule has 1 heterocycles. The van der Waals surface area contributed by atoms with Crippen molar-refractivity contribution in [3.63, 3.8) is 0 Å². The number of aromatic nitrogens is 1. The standard InChI is InChI=1S/C20H19N2O3/c1-13(14-5-3-8-21(2)12-14)16-9-15(22(24)25)10-18-17(16)11-19(23)20(18)6-4-7-20/h3,5,8-10,12H,1,4,6-7,11H2,2H3/q+1. The van der Waals surface area contributed by atoms with Gasteiger partial charge in [-0.05, 0) is 41.2 Å². The van der Waals surface area contributed by atoms with Gasteiger partial charge >= 0.3 is 0 Å². The maximum absolute atomic E-state index is 12.7. The van der Waals surface area contributed by atoms with Crippen LogP contribution in [0.15, 0.2) is 43.2 Å². The molecule has 1 aromatic carbocycles. The maximum Gasteiger partial charge on any atom is 0.270 e. The molecule has 5 nitrogen and oxygen atoms in total. The third-order valence-electron chi connectivity index (χ3n) is 5.65. The molecule has 1 spiro atoms. The van der Waals surface area contributed by atoms with Gasteiger partial charge in [0.25, 0.3) is 5.69 Å². The Morgan fingerprint density at radius 2 is 2.12 bits per heavy atom. The summed E-state index contributed by atoms with van der Waals surface area (Å²) >= 11 is 0. The van der Waals surface area contributed by atoms with Crippen LogP contribution in [0, 0.1) is 10.1 Å². The summed E-state index contributed by atoms with van der Waals surface area (Å²) < 4.78 is 1.91. The van der Waals surface area contributed by atoms with Crippen LogP contribution in [0.1, 0.15) is 41.5 Å². The molecule has 4 rings (SSSR count). The van der Waals surface area contributed by atoms with Crippen molar-refractivity contribution in [3.05, 3.63) is 75.6 Å². The number of fused-ring (bicyclic) bond motifs is 2. The number of carbonyl (C=O) groups is 1. The highest BCUT2D eigenvalue weighted by Gasteiger charge is 2.51. The average Bonchev–Trinajstić information content (AvgIpc) is 2.85. The van der Waals surface area contributed by atoms with E-state index in [9.17, 15) is 14.9 Å². The fraction of sp³-hybridized carbons (Fsp3) is 0.300. The van der Waals surface area contributed by atoms with Gasteiger partial charge in [0.05, 0.1) is 10.3 Å². The SMILES string of the molecule is C=C(c1ccc[n+](C)c1)c1cc([N+](=O)[O-])cc2c1CC(=O)C21CCC1. The van der Waals surface area contributed by atoms with E-state index in [4.69, 9.17) is 0 Å². The fourth-order valence-corrected chi connectivity index (χ4v) is 4.13. The molecule has 0 atom stereocenters. The van der Waals surface area contributed by atoms with Gasteiger partial charge in [0.15, 0.2) is 12.4 Å². The van der Waals surface area contributed by atoms with Gasteiger partial charge in [-0.15, -0.1) is 0 Å². The summed E-state index contributed by atoms with van der Waals surface area (Å²) in [5.41, 5.74) is 3.68. The Bertz CT molecular complexity index is 942. The second kappa shape index (κ2) is 5.34. The molecule has 0 radical (unpaired) electrons. The monoisotopic (exact) mass is 335 g/mol. The quantitative estimate of drug-likeness (QED) is 0.492. The number of benzene rings is 1. The van der Waals surface area contributed by atoms with Crippen LogP contribution in [-0.4, -0.2) is 10.7 Å². The van der Waals surface area contributed by atoms with Crippen molar-refractivity contribution < 1.29 is 14.3 Å². The second-order valence-electron chi connectivity index (χ2n) is 7.05. The first-order valence-electron chi connectivity index (χ1n) is 8.42. The molecule has 0 amide bonds. The van der Waals surface area contributed by atoms with Crippen LogP contribution in [0.4, 0.5) is 5.69 Å². The van der Waals surface area contributed by atoms with Crippen molar-refractivity contribution in [2.24, 2.45) is 7.05 Å². The van der Waals surface area contributed by atoms with Gasteiger partial charge in [0.1, 0.15) is 12.8 Å². The lowest BCUT2D eigenvalue weighted by Crippen LogP contribution is -2.39. The van der Waals surface area contributed by atoms with E-state index in [1.54, 1.807) is 12.1 Å². The Morgan fingerprint density at radius 3 is 2.72 bits per heavy atom. The molecule has 0 unspecified atom stereocenters. The lowest BCUT2D eigenvalue weighted by molar-refractivity contribution is -0.671. The molecule has 2 aliphatic carbocycles. The molecule has 5 heteroatoms. The molecule has 126 valence electrons. The molecule has 25 heavy (non-hydrogen) atoms. The zero-order valence-corrected chi connectivity index (χ0v) is 14.1. The van der Waals surface area contributed by atoms with Crippen molar-refractivity contribution in [1.29, 1.82) is 0 Å². The Kier molecular flexibility index (Phi) is 3.35. The number of ketones is 1. The summed E-state index contributed by atoms with van der Waals surface area (Å²) in [6.45, 7) is 4.18. The number of nitro benzene ring substituents is 1. The third-order valence-corrected chi connectivity index (χ3v) is 5.65. The average molecular weight is 335 g/mol. The van der Waals surface area contributed by atoms with E-state index in [0.717, 1.165) is 47.1 Å². The summed E-state index contributed by atoms with van der Waals surface area (Å²) in [6, 6.07) is 7.03. The zero-order valence-electron chi connectivity index (χ0n) is 14.1. The fourth-order valence-electron chi connectivity index (χ4n) is 4.13. The van der Waals surface area contributed by atoms with E-state index < -0.39 is 5.41 Å². The van der Waals surface area contributed by atoms with Crippen molar-refractivity contribution in [3.8, 4) is 0 Å². The lowest BCUT2D eigenvalue weighted by atomic mass is 9.64. The molecule has 0 saturated heterocycles. The molecule has 2 aromatic rings. The smallest absolute Gasteiger partial charge is 0.270 e. The van der Waals surface area contributed by atoms with Gasteiger partial charge < -0.3 is 0 Å². The highest BCUT2D eigenvalue weighted by Crippen LogP contribution is 2.52. The maximum atomic E-state index is 12.7. The van der Waals surface area contributed by atoms with Crippen LogP contribution in [0.5, 0.6) is 0 Å². The van der Waals surface area contributed by atoms with E-state index in [1.807, 2.05) is 36.1 Å².